The lowest BCUT2D eigenvalue weighted by Crippen LogP contribution is -1.96. The van der Waals surface area contributed by atoms with Crippen LogP contribution in [-0.4, -0.2) is 15.0 Å². The lowest BCUT2D eigenvalue weighted by molar-refractivity contribution is 1.04. The summed E-state index contributed by atoms with van der Waals surface area (Å²) in [6.07, 6.45) is 1.79. The quantitative estimate of drug-likeness (QED) is 0.678. The molecule has 3 rings (SSSR count). The minimum atomic E-state index is 0.665. The third-order valence-corrected chi connectivity index (χ3v) is 3.51. The Morgan fingerprint density at radius 2 is 2.00 bits per heavy atom. The van der Waals surface area contributed by atoms with E-state index in [4.69, 9.17) is 12.2 Å². The first-order valence-electron chi connectivity index (χ1n) is 6.08. The number of benzene rings is 1. The third-order valence-electron chi connectivity index (χ3n) is 3.22. The molecule has 3 nitrogen and oxygen atoms in total. The van der Waals surface area contributed by atoms with E-state index < -0.39 is 0 Å². The first kappa shape index (κ1) is 12.0. The molecule has 1 aromatic carbocycles. The largest absolute Gasteiger partial charge is 0.347 e. The average Bonchev–Trinajstić information content (AvgIpc) is 2.42. The molecule has 94 valence electrons. The topological polar surface area (TPSA) is 41.6 Å². The fraction of sp³-hybridized carbons (Fsp3) is 0.133. The Bertz CT molecular complexity index is 821. The summed E-state index contributed by atoms with van der Waals surface area (Å²) in [7, 11) is 0. The van der Waals surface area contributed by atoms with E-state index in [1.165, 1.54) is 0 Å². The molecular formula is C15H13N3S. The number of nitrogens with one attached hydrogen (secondary N) is 1. The van der Waals surface area contributed by atoms with E-state index in [1.807, 2.05) is 44.2 Å². The van der Waals surface area contributed by atoms with Gasteiger partial charge in [0, 0.05) is 22.8 Å². The Hall–Kier alpha value is -2.07. The average molecular weight is 267 g/mol. The van der Waals surface area contributed by atoms with Crippen LogP contribution in [0.15, 0.2) is 36.5 Å². The molecule has 2 heterocycles. The predicted molar refractivity (Wildman–Crippen MR) is 79.6 cm³/mol. The zero-order valence-electron chi connectivity index (χ0n) is 10.8. The number of hydrogen-bond acceptors (Lipinski definition) is 3. The number of rotatable bonds is 1. The van der Waals surface area contributed by atoms with Gasteiger partial charge in [0.25, 0.3) is 0 Å². The second kappa shape index (κ2) is 4.55. The molecule has 0 radical (unpaired) electrons. The van der Waals surface area contributed by atoms with Crippen LogP contribution in [0.3, 0.4) is 0 Å². The summed E-state index contributed by atoms with van der Waals surface area (Å²) in [5.41, 5.74) is 4.73. The van der Waals surface area contributed by atoms with Crippen molar-refractivity contribution in [2.75, 3.05) is 0 Å². The molecule has 0 fully saturated rings. The highest BCUT2D eigenvalue weighted by atomic mass is 32.1. The van der Waals surface area contributed by atoms with Gasteiger partial charge in [0.1, 0.15) is 10.3 Å². The zero-order valence-corrected chi connectivity index (χ0v) is 11.6. The maximum absolute atomic E-state index is 5.37. The molecule has 2 aromatic heterocycles. The first-order chi connectivity index (χ1) is 9.15. The number of aromatic nitrogens is 3. The van der Waals surface area contributed by atoms with Crippen molar-refractivity contribution in [2.24, 2.45) is 0 Å². The van der Waals surface area contributed by atoms with Crippen LogP contribution in [0.25, 0.3) is 22.2 Å². The van der Waals surface area contributed by atoms with Crippen molar-refractivity contribution in [2.45, 2.75) is 13.8 Å². The summed E-state index contributed by atoms with van der Waals surface area (Å²) in [5, 5.41) is 1.12. The van der Waals surface area contributed by atoms with Gasteiger partial charge in [0.2, 0.25) is 0 Å². The molecule has 0 saturated carbocycles. The van der Waals surface area contributed by atoms with Gasteiger partial charge in [-0.05, 0) is 26.0 Å². The first-order valence-corrected chi connectivity index (χ1v) is 6.48. The van der Waals surface area contributed by atoms with Crippen molar-refractivity contribution < 1.29 is 0 Å². The van der Waals surface area contributed by atoms with E-state index in [2.05, 4.69) is 15.0 Å². The van der Waals surface area contributed by atoms with Crippen LogP contribution >= 0.6 is 12.2 Å². The number of H-pyrrole nitrogens is 1. The number of hydrogen-bond donors (Lipinski definition) is 1. The molecule has 0 amide bonds. The van der Waals surface area contributed by atoms with Gasteiger partial charge in [0.05, 0.1) is 11.2 Å². The van der Waals surface area contributed by atoms with Crippen molar-refractivity contribution >= 4 is 23.1 Å². The number of aromatic amines is 1. The maximum Gasteiger partial charge on any atom is 0.130 e. The van der Waals surface area contributed by atoms with Crippen LogP contribution < -0.4 is 0 Å². The summed E-state index contributed by atoms with van der Waals surface area (Å²) >= 11 is 5.37. The Kier molecular flexibility index (Phi) is 2.87. The molecule has 0 aliphatic carbocycles. The highest BCUT2D eigenvalue weighted by Gasteiger charge is 2.06. The monoisotopic (exact) mass is 267 g/mol. The van der Waals surface area contributed by atoms with Gasteiger partial charge in [-0.25, -0.2) is 4.98 Å². The molecular weight excluding hydrogens is 254 g/mol. The van der Waals surface area contributed by atoms with Crippen LogP contribution in [0.2, 0.25) is 0 Å². The van der Waals surface area contributed by atoms with Crippen LogP contribution in [0, 0.1) is 18.5 Å². The van der Waals surface area contributed by atoms with Crippen molar-refractivity contribution in [1.29, 1.82) is 0 Å². The maximum atomic E-state index is 5.37. The molecule has 0 aliphatic heterocycles. The molecule has 0 bridgehead atoms. The normalized spacial score (nSPS) is 10.8. The fourth-order valence-corrected chi connectivity index (χ4v) is 2.35. The highest BCUT2D eigenvalue weighted by molar-refractivity contribution is 7.71. The standard InChI is InChI=1S/C15H13N3S/c1-9-10(2)18-15(19)14(17-9)12-6-5-11-4-3-7-16-13(11)8-12/h3-8H,1-2H3,(H,18,19). The minimum Gasteiger partial charge on any atom is -0.347 e. The van der Waals surface area contributed by atoms with Crippen LogP contribution in [0.1, 0.15) is 11.4 Å². The third kappa shape index (κ3) is 2.15. The summed E-state index contributed by atoms with van der Waals surface area (Å²) in [6.45, 7) is 3.95. The van der Waals surface area contributed by atoms with Crippen molar-refractivity contribution in [3.8, 4) is 11.3 Å². The van der Waals surface area contributed by atoms with E-state index in [0.717, 1.165) is 33.5 Å². The molecule has 0 unspecified atom stereocenters. The van der Waals surface area contributed by atoms with Crippen LogP contribution in [0.4, 0.5) is 0 Å². The summed E-state index contributed by atoms with van der Waals surface area (Å²) in [5.74, 6) is 0. The Morgan fingerprint density at radius 1 is 1.16 bits per heavy atom. The van der Waals surface area contributed by atoms with E-state index in [9.17, 15) is 0 Å². The molecule has 0 saturated heterocycles. The van der Waals surface area contributed by atoms with Gasteiger partial charge in [-0.2, -0.15) is 0 Å². The van der Waals surface area contributed by atoms with E-state index in [-0.39, 0.29) is 0 Å². The molecule has 19 heavy (non-hydrogen) atoms. The van der Waals surface area contributed by atoms with Gasteiger partial charge < -0.3 is 4.98 Å². The van der Waals surface area contributed by atoms with Crippen molar-refractivity contribution in [1.82, 2.24) is 15.0 Å². The second-order valence-corrected chi connectivity index (χ2v) is 4.94. The number of fused-ring (bicyclic) bond motifs is 1. The van der Waals surface area contributed by atoms with E-state index >= 15 is 0 Å². The molecule has 4 heteroatoms. The van der Waals surface area contributed by atoms with Crippen LogP contribution in [0.5, 0.6) is 0 Å². The van der Waals surface area contributed by atoms with Crippen molar-refractivity contribution in [3.63, 3.8) is 0 Å². The van der Waals surface area contributed by atoms with Crippen molar-refractivity contribution in [3.05, 3.63) is 52.6 Å². The number of nitrogens with zero attached hydrogens (tertiary/aromatic N) is 2. The Labute approximate surface area is 116 Å². The highest BCUT2D eigenvalue weighted by Crippen LogP contribution is 2.23. The minimum absolute atomic E-state index is 0.665. The summed E-state index contributed by atoms with van der Waals surface area (Å²) in [6, 6.07) is 10.1. The second-order valence-electron chi connectivity index (χ2n) is 4.54. The number of aryl methyl sites for hydroxylation is 2. The fourth-order valence-electron chi connectivity index (χ4n) is 2.03. The van der Waals surface area contributed by atoms with E-state index in [1.54, 1.807) is 6.20 Å². The zero-order chi connectivity index (χ0) is 13.4. The molecule has 1 N–H and O–H groups in total. The smallest absolute Gasteiger partial charge is 0.130 e. The molecule has 3 aromatic rings. The number of pyridine rings is 1. The molecule has 0 atom stereocenters. The van der Waals surface area contributed by atoms with Crippen LogP contribution in [-0.2, 0) is 0 Å². The Morgan fingerprint density at radius 3 is 2.84 bits per heavy atom. The molecule has 0 aliphatic rings. The predicted octanol–water partition coefficient (Wildman–Crippen LogP) is 3.97. The van der Waals surface area contributed by atoms with Gasteiger partial charge in [-0.15, -0.1) is 0 Å². The lowest BCUT2D eigenvalue weighted by atomic mass is 10.1. The Balaban J connectivity index is 2.24. The van der Waals surface area contributed by atoms with Gasteiger partial charge in [-0.1, -0.05) is 30.4 Å². The lowest BCUT2D eigenvalue weighted by Gasteiger charge is -2.06. The summed E-state index contributed by atoms with van der Waals surface area (Å²) < 4.78 is 0.665. The molecule has 0 spiro atoms. The van der Waals surface area contributed by atoms with Gasteiger partial charge in [0.15, 0.2) is 0 Å². The van der Waals surface area contributed by atoms with Gasteiger partial charge in [-0.3, -0.25) is 4.98 Å². The SMILES string of the molecule is Cc1nc(-c2ccc3cccnc3c2)c(=S)[nH]c1C. The van der Waals surface area contributed by atoms with Gasteiger partial charge >= 0.3 is 0 Å². The summed E-state index contributed by atoms with van der Waals surface area (Å²) in [4.78, 5) is 12.1. The van der Waals surface area contributed by atoms with E-state index in [0.29, 0.717) is 4.64 Å².